The van der Waals surface area contributed by atoms with Crippen molar-refractivity contribution >= 4 is 11.6 Å². The van der Waals surface area contributed by atoms with Gasteiger partial charge in [-0.25, -0.2) is 8.78 Å². The van der Waals surface area contributed by atoms with Crippen molar-refractivity contribution in [2.24, 2.45) is 5.73 Å². The van der Waals surface area contributed by atoms with Gasteiger partial charge in [0.2, 0.25) is 0 Å². The summed E-state index contributed by atoms with van der Waals surface area (Å²) in [5.74, 6) is 0. The van der Waals surface area contributed by atoms with E-state index in [0.717, 1.165) is 6.20 Å². The molecule has 0 atom stereocenters. The predicted molar refractivity (Wildman–Crippen MR) is 51.4 cm³/mol. The van der Waals surface area contributed by atoms with Crippen LogP contribution in [-0.4, -0.2) is 4.98 Å². The van der Waals surface area contributed by atoms with Crippen molar-refractivity contribution < 1.29 is 8.78 Å². The molecule has 1 heterocycles. The SMILES string of the molecule is N#CCc1c(CN)ncc(Cl)c1C(F)F. The van der Waals surface area contributed by atoms with Gasteiger partial charge < -0.3 is 5.73 Å². The lowest BCUT2D eigenvalue weighted by atomic mass is 10.0. The van der Waals surface area contributed by atoms with E-state index in [9.17, 15) is 8.78 Å². The van der Waals surface area contributed by atoms with E-state index in [4.69, 9.17) is 22.6 Å². The van der Waals surface area contributed by atoms with E-state index >= 15 is 0 Å². The molecule has 0 bridgehead atoms. The summed E-state index contributed by atoms with van der Waals surface area (Å²) in [4.78, 5) is 3.82. The molecule has 0 saturated carbocycles. The first kappa shape index (κ1) is 11.8. The molecule has 0 aliphatic heterocycles. The Labute approximate surface area is 90.5 Å². The topological polar surface area (TPSA) is 62.7 Å². The third-order valence-electron chi connectivity index (χ3n) is 1.93. The Morgan fingerprint density at radius 3 is 2.73 bits per heavy atom. The Bertz CT molecular complexity index is 401. The summed E-state index contributed by atoms with van der Waals surface area (Å²) in [6.07, 6.45) is -1.76. The van der Waals surface area contributed by atoms with Crippen molar-refractivity contribution in [3.8, 4) is 6.07 Å². The monoisotopic (exact) mass is 231 g/mol. The first-order valence-corrected chi connectivity index (χ1v) is 4.51. The molecule has 1 rings (SSSR count). The van der Waals surface area contributed by atoms with Gasteiger partial charge in [-0.05, 0) is 5.56 Å². The molecule has 6 heteroatoms. The summed E-state index contributed by atoms with van der Waals surface area (Å²) in [6, 6.07) is 1.79. The standard InChI is InChI=1S/C9H8ClF2N3/c10-6-4-15-7(3-14)5(1-2-13)8(6)9(11)12/h4,9H,1,3,14H2. The van der Waals surface area contributed by atoms with Gasteiger partial charge in [-0.3, -0.25) is 4.98 Å². The number of halogens is 3. The second kappa shape index (κ2) is 5.01. The molecule has 0 saturated heterocycles. The molecular weight excluding hydrogens is 224 g/mol. The zero-order valence-electron chi connectivity index (χ0n) is 7.67. The van der Waals surface area contributed by atoms with Gasteiger partial charge in [0.15, 0.2) is 0 Å². The van der Waals surface area contributed by atoms with Crippen molar-refractivity contribution in [2.75, 3.05) is 0 Å². The Morgan fingerprint density at radius 1 is 1.60 bits per heavy atom. The molecule has 0 aliphatic rings. The summed E-state index contributed by atoms with van der Waals surface area (Å²) in [5.41, 5.74) is 5.43. The minimum atomic E-state index is -2.73. The number of nitrogens with two attached hydrogens (primary N) is 1. The second-order valence-corrected chi connectivity index (χ2v) is 3.19. The average molecular weight is 232 g/mol. The quantitative estimate of drug-likeness (QED) is 0.867. The molecule has 0 aliphatic carbocycles. The van der Waals surface area contributed by atoms with Crippen LogP contribution in [0.3, 0.4) is 0 Å². The van der Waals surface area contributed by atoms with Crippen LogP contribution in [0.5, 0.6) is 0 Å². The van der Waals surface area contributed by atoms with Crippen LogP contribution in [0.15, 0.2) is 6.20 Å². The van der Waals surface area contributed by atoms with Gasteiger partial charge in [-0.2, -0.15) is 5.26 Å². The molecule has 15 heavy (non-hydrogen) atoms. The molecule has 2 N–H and O–H groups in total. The van der Waals surface area contributed by atoms with Gasteiger partial charge in [0.1, 0.15) is 0 Å². The molecule has 0 amide bonds. The summed E-state index contributed by atoms with van der Waals surface area (Å²) in [6.45, 7) is 0.00784. The summed E-state index contributed by atoms with van der Waals surface area (Å²) < 4.78 is 25.3. The molecule has 0 fully saturated rings. The number of rotatable bonds is 3. The van der Waals surface area contributed by atoms with Gasteiger partial charge in [-0.1, -0.05) is 11.6 Å². The van der Waals surface area contributed by atoms with E-state index in [2.05, 4.69) is 4.98 Å². The van der Waals surface area contributed by atoms with Crippen LogP contribution in [0.1, 0.15) is 23.2 Å². The fourth-order valence-electron chi connectivity index (χ4n) is 1.27. The van der Waals surface area contributed by atoms with E-state index in [1.807, 2.05) is 0 Å². The first-order valence-electron chi connectivity index (χ1n) is 4.13. The lowest BCUT2D eigenvalue weighted by Crippen LogP contribution is -2.08. The number of hydrogen-bond acceptors (Lipinski definition) is 3. The largest absolute Gasteiger partial charge is 0.325 e. The summed E-state index contributed by atoms with van der Waals surface area (Å²) in [7, 11) is 0. The number of aromatic nitrogens is 1. The smallest absolute Gasteiger partial charge is 0.265 e. The Balaban J connectivity index is 3.38. The van der Waals surface area contributed by atoms with Crippen LogP contribution in [0.4, 0.5) is 8.78 Å². The molecule has 0 aromatic carbocycles. The minimum absolute atomic E-state index is 0.00784. The lowest BCUT2D eigenvalue weighted by Gasteiger charge is -2.11. The van der Waals surface area contributed by atoms with Crippen LogP contribution in [0, 0.1) is 11.3 Å². The maximum atomic E-state index is 12.7. The molecule has 0 radical (unpaired) electrons. The zero-order valence-corrected chi connectivity index (χ0v) is 8.43. The van der Waals surface area contributed by atoms with Crippen LogP contribution in [-0.2, 0) is 13.0 Å². The Hall–Kier alpha value is -1.25. The van der Waals surface area contributed by atoms with Crippen molar-refractivity contribution in [2.45, 2.75) is 19.4 Å². The van der Waals surface area contributed by atoms with E-state index in [1.54, 1.807) is 6.07 Å². The van der Waals surface area contributed by atoms with E-state index in [1.165, 1.54) is 0 Å². The van der Waals surface area contributed by atoms with E-state index in [-0.39, 0.29) is 34.8 Å². The number of alkyl halides is 2. The maximum absolute atomic E-state index is 12.7. The maximum Gasteiger partial charge on any atom is 0.265 e. The molecular formula is C9H8ClF2N3. The predicted octanol–water partition coefficient (Wildman–Crippen LogP) is 2.20. The van der Waals surface area contributed by atoms with Gasteiger partial charge in [-0.15, -0.1) is 0 Å². The van der Waals surface area contributed by atoms with Crippen LogP contribution in [0.2, 0.25) is 5.02 Å². The number of nitrogens with zero attached hydrogens (tertiary/aromatic N) is 2. The minimum Gasteiger partial charge on any atom is -0.325 e. The molecule has 3 nitrogen and oxygen atoms in total. The average Bonchev–Trinajstić information content (AvgIpc) is 2.18. The Morgan fingerprint density at radius 2 is 2.27 bits per heavy atom. The third-order valence-corrected chi connectivity index (χ3v) is 2.23. The highest BCUT2D eigenvalue weighted by Crippen LogP contribution is 2.31. The zero-order chi connectivity index (χ0) is 11.4. The van der Waals surface area contributed by atoms with Gasteiger partial charge in [0, 0.05) is 18.3 Å². The fraction of sp³-hybridized carbons (Fsp3) is 0.333. The van der Waals surface area contributed by atoms with Gasteiger partial charge >= 0.3 is 0 Å². The normalized spacial score (nSPS) is 10.4. The van der Waals surface area contributed by atoms with E-state index in [0.29, 0.717) is 0 Å². The molecule has 0 spiro atoms. The first-order chi connectivity index (χ1) is 7.11. The van der Waals surface area contributed by atoms with Crippen LogP contribution in [0.25, 0.3) is 0 Å². The molecule has 80 valence electrons. The number of hydrogen-bond donors (Lipinski definition) is 1. The molecule has 0 unspecified atom stereocenters. The lowest BCUT2D eigenvalue weighted by molar-refractivity contribution is 0.150. The highest BCUT2D eigenvalue weighted by Gasteiger charge is 2.20. The highest BCUT2D eigenvalue weighted by atomic mass is 35.5. The van der Waals surface area contributed by atoms with Crippen LogP contribution < -0.4 is 5.73 Å². The number of pyridine rings is 1. The van der Waals surface area contributed by atoms with Crippen molar-refractivity contribution in [1.29, 1.82) is 5.26 Å². The molecule has 1 aromatic rings. The summed E-state index contributed by atoms with van der Waals surface area (Å²) >= 11 is 5.60. The van der Waals surface area contributed by atoms with Gasteiger partial charge in [0.05, 0.1) is 23.2 Å². The van der Waals surface area contributed by atoms with Crippen molar-refractivity contribution in [3.63, 3.8) is 0 Å². The van der Waals surface area contributed by atoms with Gasteiger partial charge in [0.25, 0.3) is 6.43 Å². The van der Waals surface area contributed by atoms with Crippen molar-refractivity contribution in [1.82, 2.24) is 4.98 Å². The third kappa shape index (κ3) is 2.41. The summed E-state index contributed by atoms with van der Waals surface area (Å²) in [5, 5.41) is 8.40. The van der Waals surface area contributed by atoms with E-state index < -0.39 is 6.43 Å². The number of nitriles is 1. The van der Waals surface area contributed by atoms with Crippen molar-refractivity contribution in [3.05, 3.63) is 28.0 Å². The molecule has 1 aromatic heterocycles. The highest BCUT2D eigenvalue weighted by molar-refractivity contribution is 6.31. The second-order valence-electron chi connectivity index (χ2n) is 2.78. The fourth-order valence-corrected chi connectivity index (χ4v) is 1.52. The Kier molecular flexibility index (Phi) is 3.95. The van der Waals surface area contributed by atoms with Crippen LogP contribution >= 0.6 is 11.6 Å².